The molecular weight excluding hydrogens is 394 g/mol. The first-order chi connectivity index (χ1) is 15.1. The maximum atomic E-state index is 12.7. The summed E-state index contributed by atoms with van der Waals surface area (Å²) >= 11 is 0. The summed E-state index contributed by atoms with van der Waals surface area (Å²) in [5, 5.41) is 0.674. The zero-order valence-corrected chi connectivity index (χ0v) is 17.4. The molecule has 1 aromatic heterocycles. The fourth-order valence-corrected chi connectivity index (χ4v) is 4.06. The molecule has 0 aliphatic heterocycles. The molecule has 0 bridgehead atoms. The van der Waals surface area contributed by atoms with Crippen molar-refractivity contribution in [1.82, 2.24) is 0 Å². The fraction of sp³-hybridized carbons (Fsp3) is 0.360. The number of hydrogen-bond donors (Lipinski definition) is 1. The van der Waals surface area contributed by atoms with Gasteiger partial charge in [0.05, 0.1) is 6.61 Å². The van der Waals surface area contributed by atoms with Crippen molar-refractivity contribution in [2.45, 2.75) is 44.8 Å². The highest BCUT2D eigenvalue weighted by Gasteiger charge is 2.26. The van der Waals surface area contributed by atoms with Crippen LogP contribution in [-0.2, 0) is 11.3 Å². The predicted molar refractivity (Wildman–Crippen MR) is 118 cm³/mol. The highest BCUT2D eigenvalue weighted by atomic mass is 16.7. The second-order valence-electron chi connectivity index (χ2n) is 8.08. The van der Waals surface area contributed by atoms with Crippen LogP contribution in [0.15, 0.2) is 63.8 Å². The van der Waals surface area contributed by atoms with Gasteiger partial charge in [-0.25, -0.2) is 4.79 Å². The molecular formula is C25H27NO5. The summed E-state index contributed by atoms with van der Waals surface area (Å²) in [7, 11) is 0. The number of benzene rings is 2. The van der Waals surface area contributed by atoms with E-state index in [1.165, 1.54) is 0 Å². The van der Waals surface area contributed by atoms with E-state index in [1.54, 1.807) is 24.3 Å². The summed E-state index contributed by atoms with van der Waals surface area (Å²) in [6, 6.07) is 16.6. The Kier molecular flexibility index (Phi) is 6.79. The first kappa shape index (κ1) is 21.3. The number of ether oxygens (including phenoxy) is 2. The highest BCUT2D eigenvalue weighted by molar-refractivity contribution is 5.98. The number of ketones is 1. The van der Waals surface area contributed by atoms with Gasteiger partial charge in [0.1, 0.15) is 16.9 Å². The third-order valence-electron chi connectivity index (χ3n) is 5.84. The van der Waals surface area contributed by atoms with Crippen molar-refractivity contribution in [1.29, 1.82) is 0 Å². The topological polar surface area (TPSA) is 91.8 Å². The Bertz CT molecular complexity index is 1090. The molecule has 1 saturated carbocycles. The molecule has 6 nitrogen and oxygen atoms in total. The number of rotatable bonds is 8. The minimum Gasteiger partial charge on any atom is -0.467 e. The lowest BCUT2D eigenvalue weighted by Crippen LogP contribution is -2.34. The van der Waals surface area contributed by atoms with Crippen LogP contribution in [0.5, 0.6) is 5.75 Å². The van der Waals surface area contributed by atoms with Crippen molar-refractivity contribution < 1.29 is 18.7 Å². The Morgan fingerprint density at radius 1 is 1.06 bits per heavy atom. The number of nitrogens with two attached hydrogens (primary N) is 1. The van der Waals surface area contributed by atoms with Crippen molar-refractivity contribution in [2.75, 3.05) is 6.79 Å². The fourth-order valence-electron chi connectivity index (χ4n) is 4.06. The van der Waals surface area contributed by atoms with Gasteiger partial charge in [-0.1, -0.05) is 43.2 Å². The Morgan fingerprint density at radius 3 is 2.68 bits per heavy atom. The SMILES string of the molecule is NC1CCCCC1CC(=O)c1cc2ccc(OCOCc3ccccc3)cc2oc1=O. The van der Waals surface area contributed by atoms with Gasteiger partial charge in [-0.15, -0.1) is 0 Å². The normalized spacial score (nSPS) is 18.7. The summed E-state index contributed by atoms with van der Waals surface area (Å²) in [6.07, 6.45) is 4.33. The molecule has 0 spiro atoms. The van der Waals surface area contributed by atoms with Crippen LogP contribution in [0.4, 0.5) is 0 Å². The van der Waals surface area contributed by atoms with Crippen LogP contribution in [-0.4, -0.2) is 18.6 Å². The quantitative estimate of drug-likeness (QED) is 0.250. The van der Waals surface area contributed by atoms with Gasteiger partial charge >= 0.3 is 5.63 Å². The zero-order valence-electron chi connectivity index (χ0n) is 17.4. The first-order valence-corrected chi connectivity index (χ1v) is 10.7. The number of carbonyl (C=O) groups is 1. The maximum absolute atomic E-state index is 12.7. The van der Waals surface area contributed by atoms with Gasteiger partial charge in [-0.3, -0.25) is 4.79 Å². The molecule has 3 aromatic rings. The molecule has 6 heteroatoms. The van der Waals surface area contributed by atoms with E-state index < -0.39 is 5.63 Å². The van der Waals surface area contributed by atoms with Gasteiger partial charge in [-0.2, -0.15) is 0 Å². The summed E-state index contributed by atoms with van der Waals surface area (Å²) < 4.78 is 16.5. The second kappa shape index (κ2) is 9.90. The van der Waals surface area contributed by atoms with Crippen LogP contribution in [0, 0.1) is 5.92 Å². The predicted octanol–water partition coefficient (Wildman–Crippen LogP) is 4.44. The largest absolute Gasteiger partial charge is 0.467 e. The molecule has 4 rings (SSSR count). The summed E-state index contributed by atoms with van der Waals surface area (Å²) in [6.45, 7) is 0.516. The minimum absolute atomic E-state index is 0.0222. The van der Waals surface area contributed by atoms with Crippen LogP contribution < -0.4 is 16.1 Å². The standard InChI is InChI=1S/C25H27NO5/c26-22-9-5-4-8-18(22)13-23(27)21-12-19-10-11-20(14-24(19)31-25(21)28)30-16-29-15-17-6-2-1-3-7-17/h1-3,6-7,10-12,14,18,22H,4-5,8-9,13,15-16,26H2. The number of fused-ring (bicyclic) bond motifs is 1. The maximum Gasteiger partial charge on any atom is 0.347 e. The second-order valence-corrected chi connectivity index (χ2v) is 8.08. The van der Waals surface area contributed by atoms with E-state index in [-0.39, 0.29) is 36.5 Å². The van der Waals surface area contributed by atoms with E-state index in [0.717, 1.165) is 31.2 Å². The van der Waals surface area contributed by atoms with Crippen LogP contribution in [0.3, 0.4) is 0 Å². The Balaban J connectivity index is 1.40. The van der Waals surface area contributed by atoms with E-state index in [9.17, 15) is 9.59 Å². The van der Waals surface area contributed by atoms with Gasteiger partial charge in [0.25, 0.3) is 0 Å². The molecule has 2 unspecified atom stereocenters. The zero-order chi connectivity index (χ0) is 21.6. The van der Waals surface area contributed by atoms with Crippen molar-refractivity contribution >= 4 is 16.8 Å². The molecule has 2 atom stereocenters. The minimum atomic E-state index is -0.626. The van der Waals surface area contributed by atoms with Gasteiger partial charge < -0.3 is 19.6 Å². The molecule has 0 radical (unpaired) electrons. The van der Waals surface area contributed by atoms with Crippen LogP contribution >= 0.6 is 0 Å². The molecule has 2 N–H and O–H groups in total. The molecule has 1 aliphatic rings. The van der Waals surface area contributed by atoms with Crippen molar-refractivity contribution in [3.63, 3.8) is 0 Å². The third kappa shape index (κ3) is 5.40. The lowest BCUT2D eigenvalue weighted by molar-refractivity contribution is 0.00508. The molecule has 162 valence electrons. The van der Waals surface area contributed by atoms with E-state index in [2.05, 4.69) is 0 Å². The van der Waals surface area contributed by atoms with E-state index in [1.807, 2.05) is 30.3 Å². The third-order valence-corrected chi connectivity index (χ3v) is 5.84. The van der Waals surface area contributed by atoms with Gasteiger partial charge in [0.2, 0.25) is 0 Å². The average molecular weight is 421 g/mol. The Labute approximate surface area is 181 Å². The molecule has 0 amide bonds. The van der Waals surface area contributed by atoms with E-state index in [4.69, 9.17) is 19.6 Å². The number of Topliss-reactive ketones (excluding diaryl/α,β-unsaturated/α-hetero) is 1. The summed E-state index contributed by atoms with van der Waals surface area (Å²) in [5.74, 6) is 0.451. The summed E-state index contributed by atoms with van der Waals surface area (Å²) in [5.41, 5.74) is 7.05. The Morgan fingerprint density at radius 2 is 1.87 bits per heavy atom. The molecule has 2 aromatic carbocycles. The molecule has 1 fully saturated rings. The smallest absolute Gasteiger partial charge is 0.347 e. The number of carbonyl (C=O) groups excluding carboxylic acids is 1. The molecule has 0 saturated heterocycles. The molecule has 1 heterocycles. The lowest BCUT2D eigenvalue weighted by atomic mass is 9.81. The molecule has 31 heavy (non-hydrogen) atoms. The summed E-state index contributed by atoms with van der Waals surface area (Å²) in [4.78, 5) is 25.2. The van der Waals surface area contributed by atoms with Gasteiger partial charge in [0.15, 0.2) is 12.6 Å². The van der Waals surface area contributed by atoms with Crippen molar-refractivity contribution in [2.24, 2.45) is 11.7 Å². The average Bonchev–Trinajstić information content (AvgIpc) is 2.78. The van der Waals surface area contributed by atoms with Crippen LogP contribution in [0.2, 0.25) is 0 Å². The number of hydrogen-bond acceptors (Lipinski definition) is 6. The first-order valence-electron chi connectivity index (χ1n) is 10.7. The Hall–Kier alpha value is -2.96. The van der Waals surface area contributed by atoms with Gasteiger partial charge in [-0.05, 0) is 42.5 Å². The van der Waals surface area contributed by atoms with Crippen LogP contribution in [0.25, 0.3) is 11.0 Å². The monoisotopic (exact) mass is 421 g/mol. The van der Waals surface area contributed by atoms with Crippen LogP contribution in [0.1, 0.15) is 48.0 Å². The molecule has 1 aliphatic carbocycles. The van der Waals surface area contributed by atoms with E-state index >= 15 is 0 Å². The highest BCUT2D eigenvalue weighted by Crippen LogP contribution is 2.27. The van der Waals surface area contributed by atoms with E-state index in [0.29, 0.717) is 23.3 Å². The van der Waals surface area contributed by atoms with Crippen molar-refractivity contribution in [3.8, 4) is 5.75 Å². The lowest BCUT2D eigenvalue weighted by Gasteiger charge is -2.27. The van der Waals surface area contributed by atoms with Crippen molar-refractivity contribution in [3.05, 3.63) is 76.1 Å². The van der Waals surface area contributed by atoms with Gasteiger partial charge in [0, 0.05) is 23.9 Å².